The molecule has 1 nitrogen and oxygen atoms in total. The average molecular weight is 386 g/mol. The Morgan fingerprint density at radius 2 is 1.95 bits per heavy atom. The molecule has 108 valence electrons. The van der Waals surface area contributed by atoms with Crippen molar-refractivity contribution in [3.63, 3.8) is 0 Å². The Labute approximate surface area is 131 Å². The molecule has 20 heavy (non-hydrogen) atoms. The van der Waals surface area contributed by atoms with Gasteiger partial charge in [0.1, 0.15) is 6.10 Å². The molecule has 1 aromatic heterocycles. The summed E-state index contributed by atoms with van der Waals surface area (Å²) in [6.07, 6.45) is -5.60. The third-order valence-electron chi connectivity index (χ3n) is 2.76. The monoisotopic (exact) mass is 384 g/mol. The number of thiophene rings is 1. The zero-order chi connectivity index (χ0) is 15.1. The van der Waals surface area contributed by atoms with Crippen molar-refractivity contribution >= 4 is 38.9 Å². The molecule has 1 unspecified atom stereocenters. The van der Waals surface area contributed by atoms with Crippen LogP contribution in [0.5, 0.6) is 0 Å². The fourth-order valence-corrected chi connectivity index (χ4v) is 3.42. The molecule has 0 aliphatic rings. The molecule has 0 aliphatic carbocycles. The van der Waals surface area contributed by atoms with Gasteiger partial charge in [-0.1, -0.05) is 33.6 Å². The number of benzene rings is 1. The fourth-order valence-electron chi connectivity index (χ4n) is 1.71. The molecule has 0 spiro atoms. The van der Waals surface area contributed by atoms with Crippen molar-refractivity contribution in [2.75, 3.05) is 0 Å². The van der Waals surface area contributed by atoms with Crippen molar-refractivity contribution in [1.29, 1.82) is 0 Å². The van der Waals surface area contributed by atoms with Gasteiger partial charge in [0.25, 0.3) is 0 Å². The lowest BCUT2D eigenvalue weighted by atomic mass is 10.0. The zero-order valence-corrected chi connectivity index (χ0v) is 13.3. The van der Waals surface area contributed by atoms with Gasteiger partial charge in [-0.3, -0.25) is 0 Å². The Bertz CT molecular complexity index is 620. The largest absolute Gasteiger partial charge is 0.417 e. The summed E-state index contributed by atoms with van der Waals surface area (Å²) in [7, 11) is 0. The molecule has 0 saturated heterocycles. The van der Waals surface area contributed by atoms with Gasteiger partial charge in [-0.25, -0.2) is 0 Å². The number of hydrogen-bond acceptors (Lipinski definition) is 2. The molecule has 1 atom stereocenters. The second-order valence-electron chi connectivity index (χ2n) is 4.25. The third kappa shape index (κ3) is 3.19. The SMILES string of the molecule is Cc1cc(C(O)c2ccc(Br)c(C(F)(F)F)c2)sc1Cl. The van der Waals surface area contributed by atoms with Crippen LogP contribution in [0.3, 0.4) is 0 Å². The van der Waals surface area contributed by atoms with E-state index in [1.807, 2.05) is 0 Å². The first-order chi connectivity index (χ1) is 9.20. The van der Waals surface area contributed by atoms with Gasteiger partial charge >= 0.3 is 6.18 Å². The van der Waals surface area contributed by atoms with Crippen LogP contribution >= 0.6 is 38.9 Å². The molecule has 0 saturated carbocycles. The van der Waals surface area contributed by atoms with E-state index in [0.29, 0.717) is 9.21 Å². The lowest BCUT2D eigenvalue weighted by Gasteiger charge is -2.14. The van der Waals surface area contributed by atoms with E-state index < -0.39 is 17.8 Å². The van der Waals surface area contributed by atoms with Crippen LogP contribution in [0, 0.1) is 6.92 Å². The number of alkyl halides is 3. The van der Waals surface area contributed by atoms with Crippen molar-refractivity contribution in [1.82, 2.24) is 0 Å². The van der Waals surface area contributed by atoms with Gasteiger partial charge in [0.05, 0.1) is 9.90 Å². The minimum Gasteiger partial charge on any atom is -0.383 e. The summed E-state index contributed by atoms with van der Waals surface area (Å²) >= 11 is 9.93. The third-order valence-corrected chi connectivity index (χ3v) is 5.06. The molecule has 0 radical (unpaired) electrons. The summed E-state index contributed by atoms with van der Waals surface area (Å²) < 4.78 is 39.0. The molecule has 2 rings (SSSR count). The highest BCUT2D eigenvalue weighted by molar-refractivity contribution is 9.10. The van der Waals surface area contributed by atoms with Crippen LogP contribution in [0.15, 0.2) is 28.7 Å². The number of rotatable bonds is 2. The topological polar surface area (TPSA) is 20.2 Å². The first kappa shape index (κ1) is 15.8. The van der Waals surface area contributed by atoms with Crippen molar-refractivity contribution in [3.8, 4) is 0 Å². The standard InChI is InChI=1S/C13H9BrClF3OS/c1-6-4-10(20-12(6)15)11(19)7-2-3-9(14)8(5-7)13(16,17)18/h2-5,11,19H,1H3. The van der Waals surface area contributed by atoms with Gasteiger partial charge in [0.2, 0.25) is 0 Å². The van der Waals surface area contributed by atoms with Crippen LogP contribution in [0.4, 0.5) is 13.2 Å². The van der Waals surface area contributed by atoms with E-state index in [-0.39, 0.29) is 10.0 Å². The molecule has 1 N–H and O–H groups in total. The van der Waals surface area contributed by atoms with Crippen LogP contribution in [0.1, 0.15) is 27.7 Å². The van der Waals surface area contributed by atoms with Gasteiger partial charge in [0, 0.05) is 9.35 Å². The normalized spacial score (nSPS) is 13.6. The summed E-state index contributed by atoms with van der Waals surface area (Å²) in [5.41, 5.74) is 0.158. The van der Waals surface area contributed by atoms with E-state index in [1.165, 1.54) is 12.1 Å². The first-order valence-corrected chi connectivity index (χ1v) is 7.49. The maximum atomic E-state index is 12.8. The van der Waals surface area contributed by atoms with Crippen LogP contribution in [0.25, 0.3) is 0 Å². The lowest BCUT2D eigenvalue weighted by Crippen LogP contribution is -2.08. The van der Waals surface area contributed by atoms with E-state index in [9.17, 15) is 18.3 Å². The van der Waals surface area contributed by atoms with Crippen molar-refractivity contribution in [3.05, 3.63) is 54.6 Å². The Morgan fingerprint density at radius 3 is 2.45 bits per heavy atom. The Kier molecular flexibility index (Phi) is 4.49. The Hall–Kier alpha value is -0.560. The average Bonchev–Trinajstić information content (AvgIpc) is 2.68. The van der Waals surface area contributed by atoms with Crippen LogP contribution in [-0.2, 0) is 6.18 Å². The molecule has 0 aliphatic heterocycles. The maximum Gasteiger partial charge on any atom is 0.417 e. The zero-order valence-electron chi connectivity index (χ0n) is 10.1. The second kappa shape index (κ2) is 5.67. The van der Waals surface area contributed by atoms with E-state index in [2.05, 4.69) is 15.9 Å². The smallest absolute Gasteiger partial charge is 0.383 e. The van der Waals surface area contributed by atoms with E-state index in [0.717, 1.165) is 23.0 Å². The number of aryl methyl sites for hydroxylation is 1. The predicted molar refractivity (Wildman–Crippen MR) is 77.3 cm³/mol. The number of aliphatic hydroxyl groups is 1. The summed E-state index contributed by atoms with van der Waals surface area (Å²) in [5, 5.41) is 10.2. The quantitative estimate of drug-likeness (QED) is 0.716. The van der Waals surface area contributed by atoms with E-state index >= 15 is 0 Å². The summed E-state index contributed by atoms with van der Waals surface area (Å²) in [4.78, 5) is 0.517. The van der Waals surface area contributed by atoms with Crippen LogP contribution in [-0.4, -0.2) is 5.11 Å². The number of halogens is 5. The number of hydrogen-bond donors (Lipinski definition) is 1. The van der Waals surface area contributed by atoms with Gasteiger partial charge in [-0.2, -0.15) is 13.2 Å². The van der Waals surface area contributed by atoms with Crippen LogP contribution < -0.4 is 0 Å². The summed E-state index contributed by atoms with van der Waals surface area (Å²) in [6.45, 7) is 1.78. The highest BCUT2D eigenvalue weighted by atomic mass is 79.9. The van der Waals surface area contributed by atoms with E-state index in [1.54, 1.807) is 13.0 Å². The molecule has 0 bridgehead atoms. The molecule has 1 heterocycles. The molecular weight excluding hydrogens is 377 g/mol. The first-order valence-electron chi connectivity index (χ1n) is 5.50. The van der Waals surface area contributed by atoms with Crippen LogP contribution in [0.2, 0.25) is 4.34 Å². The second-order valence-corrected chi connectivity index (χ2v) is 6.79. The molecule has 7 heteroatoms. The van der Waals surface area contributed by atoms with E-state index in [4.69, 9.17) is 11.6 Å². The van der Waals surface area contributed by atoms with Gasteiger partial charge < -0.3 is 5.11 Å². The van der Waals surface area contributed by atoms with Crippen molar-refractivity contribution in [2.24, 2.45) is 0 Å². The minimum absolute atomic E-state index is 0.0543. The maximum absolute atomic E-state index is 12.8. The Balaban J connectivity index is 2.43. The molecule has 0 amide bonds. The lowest BCUT2D eigenvalue weighted by molar-refractivity contribution is -0.138. The van der Waals surface area contributed by atoms with Gasteiger partial charge in [-0.05, 0) is 36.2 Å². The molecular formula is C13H9BrClF3OS. The van der Waals surface area contributed by atoms with Gasteiger partial charge in [-0.15, -0.1) is 11.3 Å². The fraction of sp³-hybridized carbons (Fsp3) is 0.231. The summed E-state index contributed by atoms with van der Waals surface area (Å²) in [5.74, 6) is 0. The van der Waals surface area contributed by atoms with Crippen molar-refractivity contribution < 1.29 is 18.3 Å². The molecule has 0 fully saturated rings. The van der Waals surface area contributed by atoms with Gasteiger partial charge in [0.15, 0.2) is 0 Å². The van der Waals surface area contributed by atoms with Crippen molar-refractivity contribution in [2.45, 2.75) is 19.2 Å². The number of aliphatic hydroxyl groups excluding tert-OH is 1. The Morgan fingerprint density at radius 1 is 1.30 bits per heavy atom. The predicted octanol–water partition coefficient (Wildman–Crippen LogP) is 5.57. The molecule has 2 aromatic rings. The molecule has 1 aromatic carbocycles. The highest BCUT2D eigenvalue weighted by Gasteiger charge is 2.33. The minimum atomic E-state index is -4.47. The summed E-state index contributed by atoms with van der Waals surface area (Å²) in [6, 6.07) is 5.35. The highest BCUT2D eigenvalue weighted by Crippen LogP contribution is 2.39.